The van der Waals surface area contributed by atoms with Crippen molar-refractivity contribution in [3.8, 4) is 11.3 Å². The molecule has 3 nitrogen and oxygen atoms in total. The molecule has 0 aromatic carbocycles. The molecule has 4 heteroatoms. The molecule has 66 valence electrons. The largest absolute Gasteiger partial charge is 0.256 e. The topological polar surface area (TPSA) is 30.7 Å². The number of pyridine rings is 1. The van der Waals surface area contributed by atoms with Crippen LogP contribution in [-0.4, -0.2) is 14.2 Å². The van der Waals surface area contributed by atoms with Crippen molar-refractivity contribution in [1.82, 2.24) is 14.2 Å². The summed E-state index contributed by atoms with van der Waals surface area (Å²) < 4.78 is 1.47. The molecule has 0 atom stereocenters. The van der Waals surface area contributed by atoms with Crippen LogP contribution in [0.5, 0.6) is 0 Å². The van der Waals surface area contributed by atoms with Gasteiger partial charge in [0.25, 0.3) is 0 Å². The molecular formula is C9H9N3S. The van der Waals surface area contributed by atoms with Crippen LogP contribution in [0.4, 0.5) is 0 Å². The number of thiol groups is 1. The zero-order valence-electron chi connectivity index (χ0n) is 7.18. The van der Waals surface area contributed by atoms with Gasteiger partial charge in [-0.15, -0.1) is 0 Å². The molecule has 0 bridgehead atoms. The summed E-state index contributed by atoms with van der Waals surface area (Å²) in [6.45, 7) is 2.01. The van der Waals surface area contributed by atoms with Crippen molar-refractivity contribution in [1.29, 1.82) is 0 Å². The Bertz CT molecular complexity index is 405. The van der Waals surface area contributed by atoms with Gasteiger partial charge in [0.1, 0.15) is 0 Å². The fraction of sp³-hybridized carbons (Fsp3) is 0.111. The molecule has 0 radical (unpaired) electrons. The average Bonchev–Trinajstić information content (AvgIpc) is 2.53. The third-order valence-electron chi connectivity index (χ3n) is 1.78. The third-order valence-corrected chi connectivity index (χ3v) is 2.00. The van der Waals surface area contributed by atoms with Gasteiger partial charge in [-0.05, 0) is 31.4 Å². The summed E-state index contributed by atoms with van der Waals surface area (Å²) in [6, 6.07) is 4.00. The van der Waals surface area contributed by atoms with E-state index < -0.39 is 0 Å². The Morgan fingerprint density at radius 2 is 2.15 bits per heavy atom. The molecule has 2 aromatic heterocycles. The Balaban J connectivity index is 2.41. The Kier molecular flexibility index (Phi) is 2.06. The summed E-state index contributed by atoms with van der Waals surface area (Å²) in [5.41, 5.74) is 3.06. The van der Waals surface area contributed by atoms with Gasteiger partial charge in [-0.2, -0.15) is 5.10 Å². The standard InChI is InChI=1S/C9H9N3S/c1-7-2-3-9(10-4-7)8-5-11-12(13)6-8/h2-6,13H,1H3. The lowest BCUT2D eigenvalue weighted by atomic mass is 10.2. The average molecular weight is 191 g/mol. The monoisotopic (exact) mass is 191 g/mol. The number of hydrogen-bond acceptors (Lipinski definition) is 3. The Labute approximate surface area is 82.0 Å². The zero-order chi connectivity index (χ0) is 9.26. The highest BCUT2D eigenvalue weighted by Gasteiger charge is 2.00. The third kappa shape index (κ3) is 1.72. The number of rotatable bonds is 1. The normalized spacial score (nSPS) is 10.3. The Morgan fingerprint density at radius 3 is 2.69 bits per heavy atom. The minimum Gasteiger partial charge on any atom is -0.256 e. The summed E-state index contributed by atoms with van der Waals surface area (Å²) >= 11 is 4.05. The van der Waals surface area contributed by atoms with E-state index in [0.717, 1.165) is 16.8 Å². The van der Waals surface area contributed by atoms with Gasteiger partial charge in [0.2, 0.25) is 0 Å². The SMILES string of the molecule is Cc1ccc(-c2cnn(S)c2)nc1. The van der Waals surface area contributed by atoms with E-state index in [9.17, 15) is 0 Å². The first kappa shape index (κ1) is 8.31. The minimum absolute atomic E-state index is 0.922. The van der Waals surface area contributed by atoms with Gasteiger partial charge < -0.3 is 0 Å². The van der Waals surface area contributed by atoms with Gasteiger partial charge in [0.05, 0.1) is 11.9 Å². The van der Waals surface area contributed by atoms with Crippen molar-refractivity contribution in [2.24, 2.45) is 0 Å². The van der Waals surface area contributed by atoms with Crippen molar-refractivity contribution in [2.45, 2.75) is 6.92 Å². The van der Waals surface area contributed by atoms with E-state index in [1.54, 1.807) is 6.20 Å². The lowest BCUT2D eigenvalue weighted by molar-refractivity contribution is 1.02. The second-order valence-corrected chi connectivity index (χ2v) is 3.28. The van der Waals surface area contributed by atoms with Crippen LogP contribution in [0.15, 0.2) is 30.7 Å². The maximum atomic E-state index is 4.27. The molecular weight excluding hydrogens is 182 g/mol. The first-order chi connectivity index (χ1) is 6.25. The molecule has 2 aromatic rings. The smallest absolute Gasteiger partial charge is 0.0734 e. The summed E-state index contributed by atoms with van der Waals surface area (Å²) in [4.78, 5) is 4.27. The summed E-state index contributed by atoms with van der Waals surface area (Å²) in [5, 5.41) is 3.96. The van der Waals surface area contributed by atoms with E-state index in [0.29, 0.717) is 0 Å². The van der Waals surface area contributed by atoms with Crippen LogP contribution >= 0.6 is 12.8 Å². The van der Waals surface area contributed by atoms with Crippen molar-refractivity contribution >= 4 is 12.8 Å². The van der Waals surface area contributed by atoms with E-state index in [4.69, 9.17) is 0 Å². The van der Waals surface area contributed by atoms with Crippen LogP contribution in [0.1, 0.15) is 5.56 Å². The van der Waals surface area contributed by atoms with Crippen molar-refractivity contribution in [2.75, 3.05) is 0 Å². The number of aryl methyl sites for hydroxylation is 1. The lowest BCUT2D eigenvalue weighted by Crippen LogP contribution is -1.81. The van der Waals surface area contributed by atoms with Crippen LogP contribution in [-0.2, 0) is 0 Å². The van der Waals surface area contributed by atoms with E-state index in [2.05, 4.69) is 22.9 Å². The van der Waals surface area contributed by atoms with E-state index >= 15 is 0 Å². The first-order valence-electron chi connectivity index (χ1n) is 3.92. The summed E-state index contributed by atoms with van der Waals surface area (Å²) in [7, 11) is 0. The molecule has 0 amide bonds. The molecule has 13 heavy (non-hydrogen) atoms. The molecule has 2 rings (SSSR count). The number of hydrogen-bond donors (Lipinski definition) is 1. The van der Waals surface area contributed by atoms with Gasteiger partial charge in [-0.1, -0.05) is 6.07 Å². The molecule has 0 saturated heterocycles. The van der Waals surface area contributed by atoms with Crippen LogP contribution < -0.4 is 0 Å². The maximum Gasteiger partial charge on any atom is 0.0734 e. The van der Waals surface area contributed by atoms with Crippen LogP contribution in [0.25, 0.3) is 11.3 Å². The van der Waals surface area contributed by atoms with Crippen molar-refractivity contribution < 1.29 is 0 Å². The Hall–Kier alpha value is -1.29. The van der Waals surface area contributed by atoms with Gasteiger partial charge in [0, 0.05) is 18.0 Å². The Morgan fingerprint density at radius 1 is 1.31 bits per heavy atom. The van der Waals surface area contributed by atoms with E-state index in [1.807, 2.05) is 31.5 Å². The van der Waals surface area contributed by atoms with Gasteiger partial charge >= 0.3 is 0 Å². The van der Waals surface area contributed by atoms with Crippen LogP contribution in [0, 0.1) is 6.92 Å². The highest BCUT2D eigenvalue weighted by Crippen LogP contribution is 2.15. The second-order valence-electron chi connectivity index (χ2n) is 2.87. The number of nitrogens with zero attached hydrogens (tertiary/aromatic N) is 3. The van der Waals surface area contributed by atoms with Gasteiger partial charge in [0.15, 0.2) is 0 Å². The minimum atomic E-state index is 0.922. The lowest BCUT2D eigenvalue weighted by Gasteiger charge is -1.95. The zero-order valence-corrected chi connectivity index (χ0v) is 8.07. The molecule has 0 aliphatic heterocycles. The fourth-order valence-corrected chi connectivity index (χ4v) is 1.26. The highest BCUT2D eigenvalue weighted by atomic mass is 32.1. The first-order valence-corrected chi connectivity index (χ1v) is 4.32. The van der Waals surface area contributed by atoms with Crippen molar-refractivity contribution in [3.05, 3.63) is 36.3 Å². The van der Waals surface area contributed by atoms with Crippen LogP contribution in [0.2, 0.25) is 0 Å². The molecule has 2 heterocycles. The van der Waals surface area contributed by atoms with Gasteiger partial charge in [-0.3, -0.25) is 4.98 Å². The van der Waals surface area contributed by atoms with Crippen LogP contribution in [0.3, 0.4) is 0 Å². The highest BCUT2D eigenvalue weighted by molar-refractivity contribution is 7.78. The maximum absolute atomic E-state index is 4.27. The molecule has 0 spiro atoms. The molecule has 0 fully saturated rings. The van der Waals surface area contributed by atoms with Gasteiger partial charge in [-0.25, -0.2) is 4.09 Å². The molecule has 0 saturated carbocycles. The second kappa shape index (κ2) is 3.22. The van der Waals surface area contributed by atoms with E-state index in [1.165, 1.54) is 4.09 Å². The summed E-state index contributed by atoms with van der Waals surface area (Å²) in [5.74, 6) is 0. The predicted molar refractivity (Wildman–Crippen MR) is 54.6 cm³/mol. The number of aromatic nitrogens is 3. The predicted octanol–water partition coefficient (Wildman–Crippen LogP) is 1.95. The quantitative estimate of drug-likeness (QED) is 0.698. The summed E-state index contributed by atoms with van der Waals surface area (Å²) in [6.07, 6.45) is 5.40. The molecule has 0 aliphatic carbocycles. The molecule has 0 aliphatic rings. The molecule has 0 unspecified atom stereocenters. The van der Waals surface area contributed by atoms with Crippen molar-refractivity contribution in [3.63, 3.8) is 0 Å². The molecule has 0 N–H and O–H groups in total. The van der Waals surface area contributed by atoms with E-state index in [-0.39, 0.29) is 0 Å². The fourth-order valence-electron chi connectivity index (χ4n) is 1.08.